The van der Waals surface area contributed by atoms with E-state index in [2.05, 4.69) is 19.2 Å². The highest BCUT2D eigenvalue weighted by atomic mass is 32.2. The lowest BCUT2D eigenvalue weighted by atomic mass is 9.91. The van der Waals surface area contributed by atoms with Crippen molar-refractivity contribution >= 4 is 21.8 Å². The highest BCUT2D eigenvalue weighted by Gasteiger charge is 2.49. The van der Waals surface area contributed by atoms with Crippen molar-refractivity contribution in [1.29, 1.82) is 0 Å². The third-order valence-corrected chi connectivity index (χ3v) is 7.18. The van der Waals surface area contributed by atoms with Gasteiger partial charge in [0.05, 0.1) is 18.2 Å². The number of carbonyl (C=O) groups is 2. The molecule has 0 aliphatic carbocycles. The van der Waals surface area contributed by atoms with Gasteiger partial charge in [0, 0.05) is 6.54 Å². The Hall–Kier alpha value is -1.23. The molecule has 3 atom stereocenters. The van der Waals surface area contributed by atoms with Crippen LogP contribution in [0.15, 0.2) is 0 Å². The number of hydrogen-bond donors (Lipinski definition) is 3. The van der Waals surface area contributed by atoms with E-state index in [-0.39, 0.29) is 24.1 Å². The Morgan fingerprint density at radius 3 is 2.39 bits per heavy atom. The van der Waals surface area contributed by atoms with Crippen molar-refractivity contribution in [3.8, 4) is 0 Å². The summed E-state index contributed by atoms with van der Waals surface area (Å²) in [5, 5.41) is 3.30. The molecule has 0 aromatic heterocycles. The molecule has 5 N–H and O–H groups in total. The van der Waals surface area contributed by atoms with Gasteiger partial charge in [-0.25, -0.2) is 12.7 Å². The Bertz CT molecular complexity index is 654. The van der Waals surface area contributed by atoms with Crippen LogP contribution in [0.25, 0.3) is 0 Å². The molecule has 2 amide bonds. The quantitative estimate of drug-likeness (QED) is 0.404. The topological polar surface area (TPSA) is 139 Å². The zero-order valence-electron chi connectivity index (χ0n) is 17.0. The fourth-order valence-corrected chi connectivity index (χ4v) is 5.55. The molecule has 0 radical (unpaired) electrons. The van der Waals surface area contributed by atoms with Gasteiger partial charge in [-0.2, -0.15) is 0 Å². The fourth-order valence-electron chi connectivity index (χ4n) is 4.00. The third-order valence-electron chi connectivity index (χ3n) is 5.37. The number of carbonyl (C=O) groups excluding carboxylic acids is 2. The van der Waals surface area contributed by atoms with Crippen LogP contribution >= 0.6 is 0 Å². The number of hydrogen-bond acceptors (Lipinski definition) is 7. The first-order valence-electron chi connectivity index (χ1n) is 10.2. The van der Waals surface area contributed by atoms with Crippen molar-refractivity contribution in [2.24, 2.45) is 23.3 Å². The van der Waals surface area contributed by atoms with Gasteiger partial charge >= 0.3 is 0 Å². The summed E-state index contributed by atoms with van der Waals surface area (Å²) in [5.41, 5.74) is 11.1. The van der Waals surface area contributed by atoms with Crippen molar-refractivity contribution in [2.45, 2.75) is 58.2 Å². The van der Waals surface area contributed by atoms with Gasteiger partial charge in [0.1, 0.15) is 12.2 Å². The highest BCUT2D eigenvalue weighted by Crippen LogP contribution is 2.29. The number of nitrogens with one attached hydrogen (secondary N) is 1. The average molecular weight is 418 g/mol. The maximum Gasteiger partial charge on any atom is 0.259 e. The van der Waals surface area contributed by atoms with Crippen molar-refractivity contribution in [1.82, 2.24) is 14.5 Å². The van der Waals surface area contributed by atoms with E-state index in [1.807, 2.05) is 0 Å². The van der Waals surface area contributed by atoms with Crippen molar-refractivity contribution in [2.75, 3.05) is 31.9 Å². The molecule has 2 heterocycles. The van der Waals surface area contributed by atoms with E-state index in [9.17, 15) is 18.0 Å². The number of rotatable bonds is 10. The zero-order chi connectivity index (χ0) is 20.9. The van der Waals surface area contributed by atoms with E-state index in [0.717, 1.165) is 10.7 Å². The summed E-state index contributed by atoms with van der Waals surface area (Å²) in [6.45, 7) is 5.36. The summed E-state index contributed by atoms with van der Waals surface area (Å²) in [5.74, 6) is -0.534. The molecule has 2 saturated heterocycles. The SMILES string of the molecule is CC(C)CC1CNC2CN(S(=O)(=O)CCCCN)C(=O)C(CCCN)N2C1=O. The van der Waals surface area contributed by atoms with Gasteiger partial charge in [0.15, 0.2) is 0 Å². The van der Waals surface area contributed by atoms with E-state index in [1.165, 1.54) is 0 Å². The molecule has 28 heavy (non-hydrogen) atoms. The molecule has 3 unspecified atom stereocenters. The van der Waals surface area contributed by atoms with Gasteiger partial charge in [0.25, 0.3) is 5.91 Å². The number of piperazine rings is 1. The average Bonchev–Trinajstić information content (AvgIpc) is 2.62. The highest BCUT2D eigenvalue weighted by molar-refractivity contribution is 7.89. The van der Waals surface area contributed by atoms with E-state index in [1.54, 1.807) is 4.90 Å². The normalized spacial score (nSPS) is 26.1. The van der Waals surface area contributed by atoms with Gasteiger partial charge in [-0.3, -0.25) is 14.9 Å². The first-order valence-corrected chi connectivity index (χ1v) is 11.8. The van der Waals surface area contributed by atoms with Crippen LogP contribution in [-0.2, 0) is 19.6 Å². The largest absolute Gasteiger partial charge is 0.330 e. The monoisotopic (exact) mass is 417 g/mol. The van der Waals surface area contributed by atoms with Crippen LogP contribution in [0.1, 0.15) is 46.0 Å². The van der Waals surface area contributed by atoms with Crippen LogP contribution in [0, 0.1) is 11.8 Å². The van der Waals surface area contributed by atoms with Gasteiger partial charge in [-0.1, -0.05) is 13.8 Å². The van der Waals surface area contributed by atoms with Gasteiger partial charge in [0.2, 0.25) is 15.9 Å². The predicted molar refractivity (Wildman–Crippen MR) is 107 cm³/mol. The van der Waals surface area contributed by atoms with Crippen LogP contribution in [0.4, 0.5) is 0 Å². The third kappa shape index (κ3) is 5.22. The van der Waals surface area contributed by atoms with Crippen molar-refractivity contribution in [3.05, 3.63) is 0 Å². The van der Waals surface area contributed by atoms with E-state index >= 15 is 0 Å². The van der Waals surface area contributed by atoms with Gasteiger partial charge in [-0.05, 0) is 51.1 Å². The molecular weight excluding hydrogens is 382 g/mol. The van der Waals surface area contributed by atoms with Crippen molar-refractivity contribution in [3.63, 3.8) is 0 Å². The molecule has 162 valence electrons. The molecule has 10 heteroatoms. The second kappa shape index (κ2) is 10.00. The molecule has 0 aromatic carbocycles. The fraction of sp³-hybridized carbons (Fsp3) is 0.889. The van der Waals surface area contributed by atoms with E-state index in [4.69, 9.17) is 11.5 Å². The first-order chi connectivity index (χ1) is 13.2. The number of amides is 2. The van der Waals surface area contributed by atoms with Crippen LogP contribution in [0.3, 0.4) is 0 Å². The van der Waals surface area contributed by atoms with E-state index < -0.39 is 28.1 Å². The van der Waals surface area contributed by atoms with Gasteiger partial charge in [-0.15, -0.1) is 0 Å². The van der Waals surface area contributed by atoms with Crippen LogP contribution in [0.2, 0.25) is 0 Å². The summed E-state index contributed by atoms with van der Waals surface area (Å²) in [6.07, 6.45) is 2.15. The molecule has 0 saturated carbocycles. The minimum Gasteiger partial charge on any atom is -0.330 e. The lowest BCUT2D eigenvalue weighted by Gasteiger charge is -2.49. The van der Waals surface area contributed by atoms with Gasteiger partial charge < -0.3 is 16.4 Å². The Labute approximate surface area is 168 Å². The van der Waals surface area contributed by atoms with Crippen LogP contribution in [0.5, 0.6) is 0 Å². The van der Waals surface area contributed by atoms with Crippen LogP contribution < -0.4 is 16.8 Å². The number of nitrogens with two attached hydrogens (primary N) is 2. The predicted octanol–water partition coefficient (Wildman–Crippen LogP) is -0.575. The summed E-state index contributed by atoms with van der Waals surface area (Å²) >= 11 is 0. The number of sulfonamides is 1. The second-order valence-electron chi connectivity index (χ2n) is 8.12. The molecule has 0 bridgehead atoms. The molecular formula is C18H35N5O4S. The molecule has 2 aliphatic rings. The summed E-state index contributed by atoms with van der Waals surface area (Å²) in [7, 11) is -3.74. The maximum atomic E-state index is 13.1. The summed E-state index contributed by atoms with van der Waals surface area (Å²) in [4.78, 5) is 27.8. The summed E-state index contributed by atoms with van der Waals surface area (Å²) in [6, 6.07) is -0.790. The Morgan fingerprint density at radius 1 is 1.11 bits per heavy atom. The zero-order valence-corrected chi connectivity index (χ0v) is 17.8. The lowest BCUT2D eigenvalue weighted by molar-refractivity contribution is -0.160. The number of unbranched alkanes of at least 4 members (excludes halogenated alkanes) is 1. The lowest BCUT2D eigenvalue weighted by Crippen LogP contribution is -2.72. The Morgan fingerprint density at radius 2 is 1.79 bits per heavy atom. The maximum absolute atomic E-state index is 13.1. The molecule has 0 aromatic rings. The molecule has 2 rings (SSSR count). The number of nitrogens with zero attached hydrogens (tertiary/aromatic N) is 2. The Balaban J connectivity index is 2.25. The first kappa shape index (κ1) is 23.1. The smallest absolute Gasteiger partial charge is 0.259 e. The molecule has 2 fully saturated rings. The second-order valence-corrected chi connectivity index (χ2v) is 10.1. The van der Waals surface area contributed by atoms with Crippen molar-refractivity contribution < 1.29 is 18.0 Å². The van der Waals surface area contributed by atoms with E-state index in [0.29, 0.717) is 51.2 Å². The standard InChI is InChI=1S/C18H35N5O4S/c1-13(2)10-14-11-21-16-12-22(28(26,27)9-4-3-7-19)18(25)15(6-5-8-20)23(16)17(14)24/h13-16,21H,3-12,19-20H2,1-2H3. The minimum absolute atomic E-state index is 0.0386. The summed E-state index contributed by atoms with van der Waals surface area (Å²) < 4.78 is 26.5. The molecule has 2 aliphatic heterocycles. The minimum atomic E-state index is -3.74. The Kier molecular flexibility index (Phi) is 8.23. The molecule has 9 nitrogen and oxygen atoms in total. The molecule has 0 spiro atoms. The van der Waals surface area contributed by atoms with Crippen LogP contribution in [-0.4, -0.2) is 73.6 Å². The number of fused-ring (bicyclic) bond motifs is 1.